The molecule has 0 aromatic heterocycles. The van der Waals surface area contributed by atoms with E-state index in [0.717, 1.165) is 0 Å². The number of carbonyl (C=O) groups excluding carboxylic acids is 2. The molecule has 0 aliphatic carbocycles. The topological polar surface area (TPSA) is 49.9 Å². The number of hydroxylamine groups is 2. The van der Waals surface area contributed by atoms with Gasteiger partial charge in [-0.25, -0.2) is 4.79 Å². The molecule has 1 aliphatic rings. The molecule has 5 heteroatoms. The molecule has 1 fully saturated rings. The fourth-order valence-corrected chi connectivity index (χ4v) is 1.62. The summed E-state index contributed by atoms with van der Waals surface area (Å²) in [5.41, 5.74) is -0.495. The summed E-state index contributed by atoms with van der Waals surface area (Å²) in [5, 5.41) is 1.65. The summed E-state index contributed by atoms with van der Waals surface area (Å²) in [6, 6.07) is 0. The second-order valence-corrected chi connectivity index (χ2v) is 6.04. The van der Waals surface area contributed by atoms with Gasteiger partial charge >= 0.3 is 5.97 Å². The first kappa shape index (κ1) is 15.0. The van der Waals surface area contributed by atoms with Crippen molar-refractivity contribution < 1.29 is 14.4 Å². The number of nitrogens with zero attached hydrogens (tertiary/aromatic N) is 2. The summed E-state index contributed by atoms with van der Waals surface area (Å²) in [4.78, 5) is 30.6. The van der Waals surface area contributed by atoms with E-state index in [1.807, 2.05) is 39.5 Å². The van der Waals surface area contributed by atoms with E-state index in [0.29, 0.717) is 26.2 Å². The molecule has 1 heterocycles. The second kappa shape index (κ2) is 5.69. The lowest BCUT2D eigenvalue weighted by Crippen LogP contribution is -2.50. The summed E-state index contributed by atoms with van der Waals surface area (Å²) >= 11 is 0. The zero-order chi connectivity index (χ0) is 13.9. The number of amides is 1. The van der Waals surface area contributed by atoms with E-state index in [-0.39, 0.29) is 17.8 Å². The zero-order valence-electron chi connectivity index (χ0n) is 12.0. The fourth-order valence-electron chi connectivity index (χ4n) is 1.62. The molecular formula is C13H24N2O3. The standard InChI is InChI=1S/C13H24N2O3/c1-10(2)11(16)14-6-8-15(9-7-14)18-12(17)13(3,4)5/h10H,6-9H2,1-5H3. The molecular weight excluding hydrogens is 232 g/mol. The van der Waals surface area contributed by atoms with Crippen LogP contribution >= 0.6 is 0 Å². The smallest absolute Gasteiger partial charge is 0.330 e. The minimum atomic E-state index is -0.495. The van der Waals surface area contributed by atoms with Crippen LogP contribution in [0.3, 0.4) is 0 Å². The van der Waals surface area contributed by atoms with Crippen molar-refractivity contribution in [3.8, 4) is 0 Å². The Hall–Kier alpha value is -1.10. The molecule has 0 spiro atoms. The minimum Gasteiger partial charge on any atom is -0.367 e. The predicted octanol–water partition coefficient (Wildman–Crippen LogP) is 1.29. The van der Waals surface area contributed by atoms with Crippen molar-refractivity contribution in [2.24, 2.45) is 11.3 Å². The summed E-state index contributed by atoms with van der Waals surface area (Å²) in [7, 11) is 0. The number of piperazine rings is 1. The Kier molecular flexibility index (Phi) is 4.73. The number of hydrogen-bond acceptors (Lipinski definition) is 4. The lowest BCUT2D eigenvalue weighted by Gasteiger charge is -2.35. The predicted molar refractivity (Wildman–Crippen MR) is 68.5 cm³/mol. The van der Waals surface area contributed by atoms with Crippen LogP contribution in [-0.4, -0.2) is 48.0 Å². The third-order valence-corrected chi connectivity index (χ3v) is 2.87. The summed E-state index contributed by atoms with van der Waals surface area (Å²) in [5.74, 6) is -0.0448. The molecule has 0 aromatic rings. The highest BCUT2D eigenvalue weighted by Gasteiger charge is 2.29. The number of carbonyl (C=O) groups is 2. The van der Waals surface area contributed by atoms with Crippen molar-refractivity contribution in [1.82, 2.24) is 9.96 Å². The Bertz CT molecular complexity index is 313. The van der Waals surface area contributed by atoms with Crippen molar-refractivity contribution >= 4 is 11.9 Å². The molecule has 18 heavy (non-hydrogen) atoms. The molecule has 1 amide bonds. The first-order valence-electron chi connectivity index (χ1n) is 6.48. The van der Waals surface area contributed by atoms with Gasteiger partial charge in [-0.15, -0.1) is 5.06 Å². The van der Waals surface area contributed by atoms with Gasteiger partial charge in [0.15, 0.2) is 0 Å². The van der Waals surface area contributed by atoms with Crippen molar-refractivity contribution in [3.63, 3.8) is 0 Å². The molecule has 0 radical (unpaired) electrons. The van der Waals surface area contributed by atoms with E-state index in [2.05, 4.69) is 0 Å². The van der Waals surface area contributed by atoms with Gasteiger partial charge in [-0.3, -0.25) is 4.79 Å². The molecule has 0 saturated carbocycles. The molecule has 0 unspecified atom stereocenters. The maximum Gasteiger partial charge on any atom is 0.330 e. The van der Waals surface area contributed by atoms with Gasteiger partial charge in [0.1, 0.15) is 0 Å². The largest absolute Gasteiger partial charge is 0.367 e. The highest BCUT2D eigenvalue weighted by Crippen LogP contribution is 2.17. The van der Waals surface area contributed by atoms with E-state index in [1.165, 1.54) is 0 Å². The van der Waals surface area contributed by atoms with E-state index >= 15 is 0 Å². The Balaban J connectivity index is 2.41. The van der Waals surface area contributed by atoms with Crippen molar-refractivity contribution in [2.45, 2.75) is 34.6 Å². The first-order valence-corrected chi connectivity index (χ1v) is 6.48. The van der Waals surface area contributed by atoms with Crippen molar-refractivity contribution in [1.29, 1.82) is 0 Å². The van der Waals surface area contributed by atoms with Crippen LogP contribution in [0.15, 0.2) is 0 Å². The van der Waals surface area contributed by atoms with Gasteiger partial charge in [0.2, 0.25) is 5.91 Å². The Morgan fingerprint density at radius 1 is 1.06 bits per heavy atom. The first-order chi connectivity index (χ1) is 8.21. The average molecular weight is 256 g/mol. The molecule has 1 rings (SSSR count). The summed E-state index contributed by atoms with van der Waals surface area (Å²) in [6.45, 7) is 11.7. The van der Waals surface area contributed by atoms with Gasteiger partial charge in [-0.1, -0.05) is 13.8 Å². The molecule has 0 atom stereocenters. The van der Waals surface area contributed by atoms with Crippen LogP contribution < -0.4 is 0 Å². The van der Waals surface area contributed by atoms with E-state index in [9.17, 15) is 9.59 Å². The van der Waals surface area contributed by atoms with Crippen LogP contribution in [-0.2, 0) is 14.4 Å². The SMILES string of the molecule is CC(C)C(=O)N1CCN(OC(=O)C(C)(C)C)CC1. The number of hydrogen-bond donors (Lipinski definition) is 0. The van der Waals surface area contributed by atoms with Crippen molar-refractivity contribution in [2.75, 3.05) is 26.2 Å². The zero-order valence-corrected chi connectivity index (χ0v) is 12.0. The Morgan fingerprint density at radius 2 is 1.56 bits per heavy atom. The maximum absolute atomic E-state index is 11.8. The molecule has 0 aromatic carbocycles. The maximum atomic E-state index is 11.8. The van der Waals surface area contributed by atoms with Crippen LogP contribution in [0.25, 0.3) is 0 Å². The number of rotatable bonds is 2. The molecule has 104 valence electrons. The highest BCUT2D eigenvalue weighted by molar-refractivity contribution is 5.78. The molecule has 0 bridgehead atoms. The third-order valence-electron chi connectivity index (χ3n) is 2.87. The summed E-state index contributed by atoms with van der Waals surface area (Å²) < 4.78 is 0. The van der Waals surface area contributed by atoms with E-state index < -0.39 is 5.41 Å². The quantitative estimate of drug-likeness (QED) is 0.747. The monoisotopic (exact) mass is 256 g/mol. The highest BCUT2D eigenvalue weighted by atomic mass is 16.7. The lowest BCUT2D eigenvalue weighted by molar-refractivity contribution is -0.207. The van der Waals surface area contributed by atoms with Crippen LogP contribution in [0, 0.1) is 11.3 Å². The van der Waals surface area contributed by atoms with Crippen LogP contribution in [0.5, 0.6) is 0 Å². The van der Waals surface area contributed by atoms with Gasteiger partial charge < -0.3 is 9.74 Å². The average Bonchev–Trinajstić information content (AvgIpc) is 2.27. The van der Waals surface area contributed by atoms with E-state index in [4.69, 9.17) is 4.84 Å². The Morgan fingerprint density at radius 3 is 1.94 bits per heavy atom. The minimum absolute atomic E-state index is 0.0219. The van der Waals surface area contributed by atoms with Gasteiger partial charge in [0.05, 0.1) is 18.5 Å². The van der Waals surface area contributed by atoms with Crippen molar-refractivity contribution in [3.05, 3.63) is 0 Å². The lowest BCUT2D eigenvalue weighted by atomic mass is 9.98. The fraction of sp³-hybridized carbons (Fsp3) is 0.846. The Labute approximate surface area is 109 Å². The van der Waals surface area contributed by atoms with Gasteiger partial charge in [0.25, 0.3) is 0 Å². The van der Waals surface area contributed by atoms with Crippen LogP contribution in [0.4, 0.5) is 0 Å². The normalized spacial score (nSPS) is 18.0. The van der Waals surface area contributed by atoms with Gasteiger partial charge in [-0.05, 0) is 20.8 Å². The van der Waals surface area contributed by atoms with Crippen LogP contribution in [0.2, 0.25) is 0 Å². The van der Waals surface area contributed by atoms with Gasteiger partial charge in [-0.2, -0.15) is 0 Å². The molecule has 1 aliphatic heterocycles. The molecule has 0 N–H and O–H groups in total. The van der Waals surface area contributed by atoms with Crippen LogP contribution in [0.1, 0.15) is 34.6 Å². The summed E-state index contributed by atoms with van der Waals surface area (Å²) in [6.07, 6.45) is 0. The molecule has 1 saturated heterocycles. The van der Waals surface area contributed by atoms with E-state index in [1.54, 1.807) is 5.06 Å². The second-order valence-electron chi connectivity index (χ2n) is 6.04. The molecule has 5 nitrogen and oxygen atoms in total. The third kappa shape index (κ3) is 3.98. The van der Waals surface area contributed by atoms with Gasteiger partial charge in [0, 0.05) is 19.0 Å².